The largest absolute Gasteiger partial charge is 0.495 e. The Labute approximate surface area is 168 Å². The van der Waals surface area contributed by atoms with E-state index in [0.717, 1.165) is 23.0 Å². The predicted octanol–water partition coefficient (Wildman–Crippen LogP) is 2.42. The number of hydrogen-bond acceptors (Lipinski definition) is 6. The van der Waals surface area contributed by atoms with Gasteiger partial charge in [0.25, 0.3) is 0 Å². The minimum absolute atomic E-state index is 0.0962. The van der Waals surface area contributed by atoms with Crippen molar-refractivity contribution in [2.75, 3.05) is 20.3 Å². The van der Waals surface area contributed by atoms with Crippen LogP contribution in [0.3, 0.4) is 0 Å². The number of imidazole rings is 1. The molecule has 3 aromatic rings. The van der Waals surface area contributed by atoms with E-state index < -0.39 is 0 Å². The summed E-state index contributed by atoms with van der Waals surface area (Å²) in [6.45, 7) is 1.16. The van der Waals surface area contributed by atoms with Gasteiger partial charge in [-0.3, -0.25) is 4.79 Å². The molecule has 1 amide bonds. The number of carbonyl (C=O) groups is 1. The van der Waals surface area contributed by atoms with E-state index >= 15 is 0 Å². The molecule has 0 spiro atoms. The van der Waals surface area contributed by atoms with Gasteiger partial charge in [0.15, 0.2) is 0 Å². The molecule has 3 heterocycles. The molecule has 0 bridgehead atoms. The Morgan fingerprint density at radius 1 is 1.38 bits per heavy atom. The van der Waals surface area contributed by atoms with E-state index in [0.29, 0.717) is 42.5 Å². The first kappa shape index (κ1) is 18.7. The van der Waals surface area contributed by atoms with Gasteiger partial charge in [-0.2, -0.15) is 5.26 Å². The van der Waals surface area contributed by atoms with Crippen molar-refractivity contribution in [3.63, 3.8) is 0 Å². The normalized spacial score (nSPS) is 15.9. The lowest BCUT2D eigenvalue weighted by Gasteiger charge is -2.12. The molecular formula is C21H21N5O3. The number of benzene rings is 1. The van der Waals surface area contributed by atoms with Gasteiger partial charge in [0.2, 0.25) is 11.8 Å². The lowest BCUT2D eigenvalue weighted by Crippen LogP contribution is -2.14. The van der Waals surface area contributed by atoms with E-state index in [4.69, 9.17) is 14.5 Å². The number of carbonyl (C=O) groups excluding carboxylic acids is 1. The third kappa shape index (κ3) is 3.72. The van der Waals surface area contributed by atoms with Gasteiger partial charge < -0.3 is 19.4 Å². The maximum atomic E-state index is 11.4. The Balaban J connectivity index is 1.64. The van der Waals surface area contributed by atoms with Gasteiger partial charge in [0, 0.05) is 25.6 Å². The highest BCUT2D eigenvalue weighted by molar-refractivity contribution is 5.84. The zero-order valence-corrected chi connectivity index (χ0v) is 16.3. The fourth-order valence-electron chi connectivity index (χ4n) is 3.52. The van der Waals surface area contributed by atoms with Crippen LogP contribution < -0.4 is 14.8 Å². The maximum absolute atomic E-state index is 11.4. The molecule has 1 fully saturated rings. The van der Waals surface area contributed by atoms with Crippen LogP contribution in [0.1, 0.15) is 18.4 Å². The number of methoxy groups -OCH3 is 1. The molecule has 1 aliphatic heterocycles. The molecule has 4 rings (SSSR count). The van der Waals surface area contributed by atoms with Crippen molar-refractivity contribution in [2.24, 2.45) is 13.0 Å². The highest BCUT2D eigenvalue weighted by Crippen LogP contribution is 2.31. The molecule has 1 saturated heterocycles. The van der Waals surface area contributed by atoms with Crippen LogP contribution in [0.15, 0.2) is 30.6 Å². The Hall–Kier alpha value is -3.60. The molecule has 1 aromatic carbocycles. The molecule has 1 aliphatic rings. The molecular weight excluding hydrogens is 370 g/mol. The second kappa shape index (κ2) is 7.80. The van der Waals surface area contributed by atoms with Gasteiger partial charge in [-0.15, -0.1) is 0 Å². The summed E-state index contributed by atoms with van der Waals surface area (Å²) in [7, 11) is 3.43. The topological polar surface area (TPSA) is 102 Å². The fourth-order valence-corrected chi connectivity index (χ4v) is 3.52. The van der Waals surface area contributed by atoms with Crippen molar-refractivity contribution in [3.8, 4) is 29.0 Å². The van der Waals surface area contributed by atoms with Gasteiger partial charge in [0.05, 0.1) is 36.8 Å². The third-order valence-electron chi connectivity index (χ3n) is 5.11. The van der Waals surface area contributed by atoms with Crippen LogP contribution in [-0.4, -0.2) is 40.7 Å². The van der Waals surface area contributed by atoms with Gasteiger partial charge in [-0.25, -0.2) is 9.97 Å². The minimum atomic E-state index is 0.0962. The SMILES string of the molecule is COc1cc(-c2cc3ncn(C)c3c(OCC[C@H]3CNC(=O)C3)n2)ccc1C#N. The average molecular weight is 391 g/mol. The van der Waals surface area contributed by atoms with Gasteiger partial charge in [-0.05, 0) is 30.5 Å². The summed E-state index contributed by atoms with van der Waals surface area (Å²) in [6, 6.07) is 9.33. The van der Waals surface area contributed by atoms with Crippen LogP contribution in [0, 0.1) is 17.2 Å². The number of rotatable bonds is 6. The molecule has 8 nitrogen and oxygen atoms in total. The number of aromatic nitrogens is 3. The zero-order valence-electron chi connectivity index (χ0n) is 16.3. The van der Waals surface area contributed by atoms with Crippen LogP contribution in [0.4, 0.5) is 0 Å². The Bertz CT molecular complexity index is 1120. The van der Waals surface area contributed by atoms with E-state index in [-0.39, 0.29) is 11.8 Å². The van der Waals surface area contributed by atoms with Crippen LogP contribution in [0.5, 0.6) is 11.6 Å². The zero-order chi connectivity index (χ0) is 20.4. The lowest BCUT2D eigenvalue weighted by molar-refractivity contribution is -0.119. The number of pyridine rings is 1. The summed E-state index contributed by atoms with van der Waals surface area (Å²) in [4.78, 5) is 20.5. The molecule has 2 aromatic heterocycles. The van der Waals surface area contributed by atoms with Crippen molar-refractivity contribution in [1.29, 1.82) is 5.26 Å². The number of nitrogens with one attached hydrogen (secondary N) is 1. The molecule has 0 aliphatic carbocycles. The van der Waals surface area contributed by atoms with E-state index in [2.05, 4.69) is 16.4 Å². The van der Waals surface area contributed by atoms with Gasteiger partial charge >= 0.3 is 0 Å². The number of aryl methyl sites for hydroxylation is 1. The summed E-state index contributed by atoms with van der Waals surface area (Å²) < 4.78 is 13.2. The third-order valence-corrected chi connectivity index (χ3v) is 5.11. The van der Waals surface area contributed by atoms with Gasteiger partial charge in [-0.1, -0.05) is 6.07 Å². The van der Waals surface area contributed by atoms with Crippen molar-refractivity contribution in [2.45, 2.75) is 12.8 Å². The molecule has 29 heavy (non-hydrogen) atoms. The number of hydrogen-bond donors (Lipinski definition) is 1. The fraction of sp³-hybridized carbons (Fsp3) is 0.333. The van der Waals surface area contributed by atoms with Crippen molar-refractivity contribution in [3.05, 3.63) is 36.2 Å². The maximum Gasteiger partial charge on any atom is 0.240 e. The summed E-state index contributed by atoms with van der Waals surface area (Å²) in [6.07, 6.45) is 3.04. The minimum Gasteiger partial charge on any atom is -0.495 e. The van der Waals surface area contributed by atoms with Crippen molar-refractivity contribution >= 4 is 16.9 Å². The summed E-state index contributed by atoms with van der Waals surface area (Å²) >= 11 is 0. The average Bonchev–Trinajstić information content (AvgIpc) is 3.32. The molecule has 1 N–H and O–H groups in total. The second-order valence-electron chi connectivity index (χ2n) is 7.07. The number of fused-ring (bicyclic) bond motifs is 1. The first-order chi connectivity index (χ1) is 14.1. The Morgan fingerprint density at radius 2 is 2.24 bits per heavy atom. The molecule has 0 saturated carbocycles. The number of amides is 1. The predicted molar refractivity (Wildman–Crippen MR) is 106 cm³/mol. The van der Waals surface area contributed by atoms with Crippen LogP contribution in [0.25, 0.3) is 22.3 Å². The quantitative estimate of drug-likeness (QED) is 0.692. The number of ether oxygens (including phenoxy) is 2. The molecule has 1 atom stereocenters. The summed E-state index contributed by atoms with van der Waals surface area (Å²) in [5.74, 6) is 1.38. The van der Waals surface area contributed by atoms with E-state index in [1.807, 2.05) is 23.7 Å². The second-order valence-corrected chi connectivity index (χ2v) is 7.07. The highest BCUT2D eigenvalue weighted by atomic mass is 16.5. The highest BCUT2D eigenvalue weighted by Gasteiger charge is 2.21. The van der Waals surface area contributed by atoms with Crippen LogP contribution in [0.2, 0.25) is 0 Å². The summed E-state index contributed by atoms with van der Waals surface area (Å²) in [5, 5.41) is 12.0. The molecule has 0 unspecified atom stereocenters. The van der Waals surface area contributed by atoms with Crippen molar-refractivity contribution in [1.82, 2.24) is 19.9 Å². The number of nitrogens with zero attached hydrogens (tertiary/aromatic N) is 4. The van der Waals surface area contributed by atoms with E-state index in [1.165, 1.54) is 7.11 Å². The monoisotopic (exact) mass is 391 g/mol. The van der Waals surface area contributed by atoms with Crippen LogP contribution >= 0.6 is 0 Å². The van der Waals surface area contributed by atoms with E-state index in [9.17, 15) is 10.1 Å². The standard InChI is InChI=1S/C21H21N5O3/c1-26-12-24-17-9-16(14-3-4-15(10-22)18(8-14)28-2)25-21(20(17)26)29-6-5-13-7-19(27)23-11-13/h3-4,8-9,12-13H,5-7,11H2,1-2H3,(H,23,27)/t13-/m1/s1. The molecule has 148 valence electrons. The Morgan fingerprint density at radius 3 is 2.97 bits per heavy atom. The molecule has 8 heteroatoms. The van der Waals surface area contributed by atoms with Crippen molar-refractivity contribution < 1.29 is 14.3 Å². The van der Waals surface area contributed by atoms with Crippen LogP contribution in [-0.2, 0) is 11.8 Å². The summed E-state index contributed by atoms with van der Waals surface area (Å²) in [5.41, 5.74) is 3.55. The Kier molecular flexibility index (Phi) is 5.04. The molecule has 0 radical (unpaired) electrons. The number of nitriles is 1. The van der Waals surface area contributed by atoms with Gasteiger partial charge in [0.1, 0.15) is 17.3 Å². The smallest absolute Gasteiger partial charge is 0.240 e. The first-order valence-electron chi connectivity index (χ1n) is 9.39. The first-order valence-corrected chi connectivity index (χ1v) is 9.39. The van der Waals surface area contributed by atoms with E-state index in [1.54, 1.807) is 18.5 Å². The lowest BCUT2D eigenvalue weighted by atomic mass is 10.1.